The molecule has 0 saturated heterocycles. The number of nitrogen functional groups attached to an aromatic ring is 1. The van der Waals surface area contributed by atoms with Crippen LogP contribution >= 0.6 is 23.2 Å². The maximum atomic E-state index is 12.9. The van der Waals surface area contributed by atoms with Crippen LogP contribution in [0.1, 0.15) is 0 Å². The first kappa shape index (κ1) is 12.0. The van der Waals surface area contributed by atoms with Gasteiger partial charge in [-0.25, -0.2) is 4.39 Å². The van der Waals surface area contributed by atoms with Crippen molar-refractivity contribution in [2.24, 2.45) is 0 Å². The lowest BCUT2D eigenvalue weighted by atomic mass is 10.3. The predicted molar refractivity (Wildman–Crippen MR) is 65.1 cm³/mol. The number of hydrogen-bond donors (Lipinski definition) is 1. The molecule has 2 N–H and O–H groups in total. The Hall–Kier alpha value is -1.52. The van der Waals surface area contributed by atoms with Gasteiger partial charge in [0.2, 0.25) is 5.88 Å². The van der Waals surface area contributed by atoms with Gasteiger partial charge in [-0.1, -0.05) is 29.3 Å². The molecule has 88 valence electrons. The van der Waals surface area contributed by atoms with Crippen molar-refractivity contribution < 1.29 is 9.13 Å². The molecule has 0 amide bonds. The summed E-state index contributed by atoms with van der Waals surface area (Å²) in [4.78, 5) is 3.87. The van der Waals surface area contributed by atoms with E-state index in [4.69, 9.17) is 33.7 Å². The standard InChI is InChI=1S/C11H7Cl2FN2O/c12-8-5-9(13)11(16-10(8)15)17-7-3-1-2-6(14)4-7/h1-5H,(H2,15,16). The molecule has 1 aromatic carbocycles. The zero-order valence-electron chi connectivity index (χ0n) is 8.45. The highest BCUT2D eigenvalue weighted by atomic mass is 35.5. The van der Waals surface area contributed by atoms with E-state index in [2.05, 4.69) is 4.98 Å². The Morgan fingerprint density at radius 3 is 2.65 bits per heavy atom. The highest BCUT2D eigenvalue weighted by Gasteiger charge is 2.09. The van der Waals surface area contributed by atoms with Crippen molar-refractivity contribution in [2.75, 3.05) is 5.73 Å². The van der Waals surface area contributed by atoms with E-state index in [9.17, 15) is 4.39 Å². The second-order valence-corrected chi connectivity index (χ2v) is 4.02. The lowest BCUT2D eigenvalue weighted by molar-refractivity contribution is 0.459. The van der Waals surface area contributed by atoms with Crippen molar-refractivity contribution in [1.29, 1.82) is 0 Å². The molecule has 3 nitrogen and oxygen atoms in total. The molecular weight excluding hydrogens is 266 g/mol. The summed E-state index contributed by atoms with van der Waals surface area (Å²) in [5, 5.41) is 0.440. The van der Waals surface area contributed by atoms with E-state index < -0.39 is 5.82 Å². The molecule has 0 spiro atoms. The Balaban J connectivity index is 2.33. The molecule has 6 heteroatoms. The van der Waals surface area contributed by atoms with Crippen LogP contribution in [0.3, 0.4) is 0 Å². The lowest BCUT2D eigenvalue weighted by Crippen LogP contribution is -1.95. The Morgan fingerprint density at radius 2 is 1.94 bits per heavy atom. The van der Waals surface area contributed by atoms with Crippen molar-refractivity contribution in [2.45, 2.75) is 0 Å². The predicted octanol–water partition coefficient (Wildman–Crippen LogP) is 3.90. The number of aromatic nitrogens is 1. The van der Waals surface area contributed by atoms with Gasteiger partial charge in [0.1, 0.15) is 22.4 Å². The van der Waals surface area contributed by atoms with Crippen molar-refractivity contribution in [3.8, 4) is 11.6 Å². The Bertz CT molecular complexity index is 563. The molecule has 0 aliphatic rings. The average molecular weight is 273 g/mol. The van der Waals surface area contributed by atoms with Crippen molar-refractivity contribution in [3.63, 3.8) is 0 Å². The van der Waals surface area contributed by atoms with Crippen LogP contribution in [0.25, 0.3) is 0 Å². The molecule has 0 bridgehead atoms. The molecule has 0 aliphatic heterocycles. The maximum absolute atomic E-state index is 12.9. The third kappa shape index (κ3) is 2.78. The molecule has 2 aromatic rings. The maximum Gasteiger partial charge on any atom is 0.240 e. The fourth-order valence-corrected chi connectivity index (χ4v) is 1.57. The number of rotatable bonds is 2. The van der Waals surface area contributed by atoms with Crippen molar-refractivity contribution >= 4 is 29.0 Å². The summed E-state index contributed by atoms with van der Waals surface area (Å²) in [6, 6.07) is 7.02. The van der Waals surface area contributed by atoms with Crippen LogP contribution in [-0.4, -0.2) is 4.98 Å². The van der Waals surface area contributed by atoms with Crippen LogP contribution in [0.2, 0.25) is 10.0 Å². The molecular formula is C11H7Cl2FN2O. The van der Waals surface area contributed by atoms with Gasteiger partial charge in [0.05, 0.1) is 5.02 Å². The summed E-state index contributed by atoms with van der Waals surface area (Å²) in [5.74, 6) is 0.0447. The largest absolute Gasteiger partial charge is 0.437 e. The van der Waals surface area contributed by atoms with Crippen molar-refractivity contribution in [1.82, 2.24) is 4.98 Å². The Labute approximate surface area is 107 Å². The molecule has 0 radical (unpaired) electrons. The molecule has 0 atom stereocenters. The summed E-state index contributed by atoms with van der Waals surface area (Å²) in [7, 11) is 0. The second-order valence-electron chi connectivity index (χ2n) is 3.20. The first-order valence-electron chi connectivity index (χ1n) is 4.61. The monoisotopic (exact) mass is 272 g/mol. The van der Waals surface area contributed by atoms with Gasteiger partial charge in [-0.05, 0) is 18.2 Å². The number of halogens is 3. The summed E-state index contributed by atoms with van der Waals surface area (Å²) in [6.07, 6.45) is 0. The second kappa shape index (κ2) is 4.77. The van der Waals surface area contributed by atoms with Crippen LogP contribution in [0.4, 0.5) is 10.2 Å². The van der Waals surface area contributed by atoms with Crippen LogP contribution in [0.5, 0.6) is 11.6 Å². The normalized spacial score (nSPS) is 10.3. The topological polar surface area (TPSA) is 48.1 Å². The van der Waals surface area contributed by atoms with E-state index in [0.717, 1.165) is 0 Å². The van der Waals surface area contributed by atoms with Crippen LogP contribution in [0.15, 0.2) is 30.3 Å². The number of nitrogens with zero attached hydrogens (tertiary/aromatic N) is 1. The summed E-state index contributed by atoms with van der Waals surface area (Å²) >= 11 is 11.6. The number of pyridine rings is 1. The minimum absolute atomic E-state index is 0.0826. The van der Waals surface area contributed by atoms with E-state index in [-0.39, 0.29) is 27.5 Å². The molecule has 0 saturated carbocycles. The summed E-state index contributed by atoms with van der Waals surface area (Å²) in [5.41, 5.74) is 5.52. The van der Waals surface area contributed by atoms with Crippen LogP contribution < -0.4 is 10.5 Å². The number of ether oxygens (including phenoxy) is 1. The van der Waals surface area contributed by atoms with Gasteiger partial charge in [-0.15, -0.1) is 0 Å². The van der Waals surface area contributed by atoms with E-state index in [1.165, 1.54) is 24.3 Å². The fourth-order valence-electron chi connectivity index (χ4n) is 1.18. The van der Waals surface area contributed by atoms with Gasteiger partial charge >= 0.3 is 0 Å². The quantitative estimate of drug-likeness (QED) is 0.902. The van der Waals surface area contributed by atoms with Gasteiger partial charge in [-0.3, -0.25) is 0 Å². The minimum atomic E-state index is -0.416. The van der Waals surface area contributed by atoms with E-state index in [1.54, 1.807) is 6.07 Å². The fraction of sp³-hybridized carbons (Fsp3) is 0. The van der Waals surface area contributed by atoms with Gasteiger partial charge < -0.3 is 10.5 Å². The van der Waals surface area contributed by atoms with E-state index in [1.807, 2.05) is 0 Å². The molecule has 1 aromatic heterocycles. The van der Waals surface area contributed by atoms with Crippen LogP contribution in [0, 0.1) is 5.82 Å². The lowest BCUT2D eigenvalue weighted by Gasteiger charge is -2.07. The molecule has 0 aliphatic carbocycles. The van der Waals surface area contributed by atoms with Gasteiger partial charge in [0.25, 0.3) is 0 Å². The van der Waals surface area contributed by atoms with Gasteiger partial charge in [0.15, 0.2) is 0 Å². The Morgan fingerprint density at radius 1 is 1.18 bits per heavy atom. The third-order valence-corrected chi connectivity index (χ3v) is 2.51. The van der Waals surface area contributed by atoms with Crippen molar-refractivity contribution in [3.05, 3.63) is 46.2 Å². The number of anilines is 1. The first-order valence-corrected chi connectivity index (χ1v) is 5.37. The first-order chi connectivity index (χ1) is 8.06. The molecule has 1 heterocycles. The van der Waals surface area contributed by atoms with Gasteiger partial charge in [-0.2, -0.15) is 4.98 Å². The summed E-state index contributed by atoms with van der Waals surface area (Å²) < 4.78 is 18.2. The third-order valence-electron chi connectivity index (χ3n) is 1.94. The molecule has 0 unspecified atom stereocenters. The zero-order valence-corrected chi connectivity index (χ0v) is 9.97. The SMILES string of the molecule is Nc1nc(Oc2cccc(F)c2)c(Cl)cc1Cl. The van der Waals surface area contributed by atoms with E-state index in [0.29, 0.717) is 0 Å². The number of benzene rings is 1. The van der Waals surface area contributed by atoms with E-state index >= 15 is 0 Å². The molecule has 0 fully saturated rings. The Kier molecular flexibility index (Phi) is 3.36. The number of nitrogens with two attached hydrogens (primary N) is 1. The van der Waals surface area contributed by atoms with Crippen LogP contribution in [-0.2, 0) is 0 Å². The highest BCUT2D eigenvalue weighted by Crippen LogP contribution is 2.32. The average Bonchev–Trinajstić information content (AvgIpc) is 2.26. The number of hydrogen-bond acceptors (Lipinski definition) is 3. The molecule has 2 rings (SSSR count). The minimum Gasteiger partial charge on any atom is -0.437 e. The smallest absolute Gasteiger partial charge is 0.240 e. The summed E-state index contributed by atoms with van der Waals surface area (Å²) in [6.45, 7) is 0. The van der Waals surface area contributed by atoms with Gasteiger partial charge in [0, 0.05) is 6.07 Å². The molecule has 17 heavy (non-hydrogen) atoms. The highest BCUT2D eigenvalue weighted by molar-refractivity contribution is 6.36. The zero-order chi connectivity index (χ0) is 12.4.